The second-order valence-corrected chi connectivity index (χ2v) is 5.53. The van der Waals surface area contributed by atoms with Crippen molar-refractivity contribution in [3.8, 4) is 0 Å². The minimum Gasteiger partial charge on any atom is -0.368 e. The van der Waals surface area contributed by atoms with Crippen molar-refractivity contribution in [3.05, 3.63) is 41.3 Å². The van der Waals surface area contributed by atoms with Gasteiger partial charge in [0.2, 0.25) is 5.91 Å². The molecule has 114 valence electrons. The monoisotopic (exact) mass is 301 g/mol. The van der Waals surface area contributed by atoms with Crippen LogP contribution in [-0.4, -0.2) is 34.3 Å². The van der Waals surface area contributed by atoms with Crippen molar-refractivity contribution < 1.29 is 14.0 Å². The molecule has 0 aliphatic carbocycles. The van der Waals surface area contributed by atoms with Crippen molar-refractivity contribution in [2.24, 2.45) is 5.73 Å². The Labute approximate surface area is 126 Å². The first-order valence-electron chi connectivity index (χ1n) is 7.14. The fourth-order valence-electron chi connectivity index (χ4n) is 2.97. The van der Waals surface area contributed by atoms with E-state index in [1.54, 1.807) is 19.1 Å². The number of hydrogen-bond donors (Lipinski definition) is 1. The average molecular weight is 301 g/mol. The second kappa shape index (κ2) is 5.36. The zero-order valence-electron chi connectivity index (χ0n) is 12.2. The highest BCUT2D eigenvalue weighted by molar-refractivity contribution is 6.07. The molecule has 22 heavy (non-hydrogen) atoms. The normalized spacial score (nSPS) is 17.9. The molecule has 1 atom stereocenters. The summed E-state index contributed by atoms with van der Waals surface area (Å²) < 4.78 is 13.5. The molecule has 2 aromatic rings. The molecule has 2 amide bonds. The van der Waals surface area contributed by atoms with Gasteiger partial charge in [0.15, 0.2) is 0 Å². The lowest BCUT2D eigenvalue weighted by Crippen LogP contribution is -2.43. The van der Waals surface area contributed by atoms with Crippen LogP contribution < -0.4 is 5.73 Å². The SMILES string of the molecule is Cc1cc(C(=O)N2CCC[C@H]2C(N)=O)c2cc(F)ccc2n1. The first-order valence-corrected chi connectivity index (χ1v) is 7.14. The largest absolute Gasteiger partial charge is 0.368 e. The van der Waals surface area contributed by atoms with Crippen LogP contribution in [0.25, 0.3) is 10.9 Å². The van der Waals surface area contributed by atoms with Crippen LogP contribution in [0.5, 0.6) is 0 Å². The topological polar surface area (TPSA) is 76.3 Å². The van der Waals surface area contributed by atoms with Gasteiger partial charge in [-0.2, -0.15) is 0 Å². The molecule has 1 aliphatic rings. The van der Waals surface area contributed by atoms with Gasteiger partial charge in [0.05, 0.1) is 11.1 Å². The summed E-state index contributed by atoms with van der Waals surface area (Å²) in [5.74, 6) is -1.24. The van der Waals surface area contributed by atoms with E-state index in [-0.39, 0.29) is 5.91 Å². The number of aromatic nitrogens is 1. The Kier molecular flexibility index (Phi) is 3.52. The number of nitrogens with zero attached hydrogens (tertiary/aromatic N) is 2. The summed E-state index contributed by atoms with van der Waals surface area (Å²) in [7, 11) is 0. The number of primary amides is 1. The fourth-order valence-corrected chi connectivity index (χ4v) is 2.97. The van der Waals surface area contributed by atoms with Gasteiger partial charge in [-0.25, -0.2) is 4.39 Å². The predicted molar refractivity (Wildman–Crippen MR) is 79.7 cm³/mol. The number of benzene rings is 1. The first kappa shape index (κ1) is 14.4. The van der Waals surface area contributed by atoms with Crippen LogP contribution in [0.1, 0.15) is 28.9 Å². The molecule has 2 heterocycles. The molecule has 1 aliphatic heterocycles. The Hall–Kier alpha value is -2.50. The minimum absolute atomic E-state index is 0.303. The van der Waals surface area contributed by atoms with Crippen molar-refractivity contribution >= 4 is 22.7 Å². The highest BCUT2D eigenvalue weighted by Gasteiger charge is 2.33. The number of fused-ring (bicyclic) bond motifs is 1. The summed E-state index contributed by atoms with van der Waals surface area (Å²) in [6.07, 6.45) is 1.30. The Bertz CT molecular complexity index is 775. The number of rotatable bonds is 2. The van der Waals surface area contributed by atoms with Gasteiger partial charge in [-0.1, -0.05) is 0 Å². The van der Waals surface area contributed by atoms with Crippen LogP contribution in [0.4, 0.5) is 4.39 Å². The lowest BCUT2D eigenvalue weighted by Gasteiger charge is -2.23. The molecule has 0 bridgehead atoms. The van der Waals surface area contributed by atoms with Gasteiger partial charge < -0.3 is 10.6 Å². The maximum absolute atomic E-state index is 13.5. The van der Waals surface area contributed by atoms with Gasteiger partial charge in [0, 0.05) is 17.6 Å². The highest BCUT2D eigenvalue weighted by atomic mass is 19.1. The van der Waals surface area contributed by atoms with Gasteiger partial charge in [0.25, 0.3) is 5.91 Å². The number of aryl methyl sites for hydroxylation is 1. The van der Waals surface area contributed by atoms with Crippen LogP contribution in [0.3, 0.4) is 0 Å². The third-order valence-electron chi connectivity index (χ3n) is 3.97. The van der Waals surface area contributed by atoms with Gasteiger partial charge in [0.1, 0.15) is 11.9 Å². The first-order chi connectivity index (χ1) is 10.5. The van der Waals surface area contributed by atoms with Crippen LogP contribution in [-0.2, 0) is 4.79 Å². The number of nitrogens with two attached hydrogens (primary N) is 1. The summed E-state index contributed by atoms with van der Waals surface area (Å²) >= 11 is 0. The van der Waals surface area contributed by atoms with E-state index in [0.717, 1.165) is 6.42 Å². The molecule has 0 saturated carbocycles. The van der Waals surface area contributed by atoms with E-state index in [9.17, 15) is 14.0 Å². The molecule has 0 unspecified atom stereocenters. The van der Waals surface area contributed by atoms with Crippen molar-refractivity contribution in [1.82, 2.24) is 9.88 Å². The smallest absolute Gasteiger partial charge is 0.255 e. The van der Waals surface area contributed by atoms with E-state index in [2.05, 4.69) is 4.98 Å². The van der Waals surface area contributed by atoms with Gasteiger partial charge in [-0.05, 0) is 44.0 Å². The molecule has 1 aromatic heterocycles. The van der Waals surface area contributed by atoms with Crippen molar-refractivity contribution in [3.63, 3.8) is 0 Å². The molecule has 0 radical (unpaired) electrons. The zero-order valence-corrected chi connectivity index (χ0v) is 12.2. The quantitative estimate of drug-likeness (QED) is 0.918. The van der Waals surface area contributed by atoms with Crippen LogP contribution in [0, 0.1) is 12.7 Å². The van der Waals surface area contributed by atoms with E-state index >= 15 is 0 Å². The van der Waals surface area contributed by atoms with E-state index in [1.807, 2.05) is 0 Å². The molecule has 0 spiro atoms. The lowest BCUT2D eigenvalue weighted by molar-refractivity contribution is -0.121. The van der Waals surface area contributed by atoms with E-state index < -0.39 is 17.8 Å². The number of carbonyl (C=O) groups is 2. The number of likely N-dealkylation sites (tertiary alicyclic amines) is 1. The predicted octanol–water partition coefficient (Wildman–Crippen LogP) is 1.77. The van der Waals surface area contributed by atoms with Gasteiger partial charge >= 0.3 is 0 Å². The third-order valence-corrected chi connectivity index (χ3v) is 3.97. The average Bonchev–Trinajstić information content (AvgIpc) is 2.96. The number of pyridine rings is 1. The van der Waals surface area contributed by atoms with Crippen molar-refractivity contribution in [1.29, 1.82) is 0 Å². The Balaban J connectivity index is 2.11. The molecular weight excluding hydrogens is 285 g/mol. The zero-order chi connectivity index (χ0) is 15.9. The van der Waals surface area contributed by atoms with Crippen molar-refractivity contribution in [2.45, 2.75) is 25.8 Å². The second-order valence-electron chi connectivity index (χ2n) is 5.53. The maximum Gasteiger partial charge on any atom is 0.255 e. The standard InChI is InChI=1S/C16H16FN3O2/c1-9-7-12(11-8-10(17)4-5-13(11)19-9)16(22)20-6-2-3-14(20)15(18)21/h4-5,7-8,14H,2-3,6H2,1H3,(H2,18,21)/t14-/m0/s1. The van der Waals surface area contributed by atoms with Gasteiger partial charge in [-0.3, -0.25) is 14.6 Å². The molecular formula is C16H16FN3O2. The van der Waals surface area contributed by atoms with E-state index in [4.69, 9.17) is 5.73 Å². The molecule has 5 nitrogen and oxygen atoms in total. The molecule has 3 rings (SSSR count). The summed E-state index contributed by atoms with van der Waals surface area (Å²) in [6, 6.07) is 5.18. The summed E-state index contributed by atoms with van der Waals surface area (Å²) in [6.45, 7) is 2.25. The minimum atomic E-state index is -0.593. The van der Waals surface area contributed by atoms with Crippen LogP contribution >= 0.6 is 0 Å². The maximum atomic E-state index is 13.5. The highest BCUT2D eigenvalue weighted by Crippen LogP contribution is 2.25. The Morgan fingerprint density at radius 3 is 2.86 bits per heavy atom. The Morgan fingerprint density at radius 1 is 1.36 bits per heavy atom. The summed E-state index contributed by atoms with van der Waals surface area (Å²) in [5.41, 5.74) is 6.94. The summed E-state index contributed by atoms with van der Waals surface area (Å²) in [4.78, 5) is 30.1. The van der Waals surface area contributed by atoms with Crippen LogP contribution in [0.2, 0.25) is 0 Å². The molecule has 1 saturated heterocycles. The van der Waals surface area contributed by atoms with Crippen molar-refractivity contribution in [2.75, 3.05) is 6.54 Å². The van der Waals surface area contributed by atoms with Crippen LogP contribution in [0.15, 0.2) is 24.3 Å². The van der Waals surface area contributed by atoms with E-state index in [0.29, 0.717) is 35.1 Å². The third kappa shape index (κ3) is 2.41. The summed E-state index contributed by atoms with van der Waals surface area (Å²) in [5, 5.41) is 0.450. The van der Waals surface area contributed by atoms with Gasteiger partial charge in [-0.15, -0.1) is 0 Å². The molecule has 6 heteroatoms. The van der Waals surface area contributed by atoms with E-state index in [1.165, 1.54) is 17.0 Å². The fraction of sp³-hybridized carbons (Fsp3) is 0.312. The molecule has 2 N–H and O–H groups in total. The lowest BCUT2D eigenvalue weighted by atomic mass is 10.1. The molecule has 1 aromatic carbocycles. The Morgan fingerprint density at radius 2 is 2.14 bits per heavy atom. The number of amides is 2. The molecule has 1 fully saturated rings. The number of carbonyl (C=O) groups excluding carboxylic acids is 2. The number of hydrogen-bond acceptors (Lipinski definition) is 3. The number of halogens is 1.